The molecule has 4 heteroatoms. The number of hydrogen-bond donors (Lipinski definition) is 1. The summed E-state index contributed by atoms with van der Waals surface area (Å²) in [6.07, 6.45) is 1.30. The van der Waals surface area contributed by atoms with Gasteiger partial charge in [-0.2, -0.15) is 5.26 Å². The molecule has 1 aliphatic rings. The van der Waals surface area contributed by atoms with Crippen molar-refractivity contribution in [3.05, 3.63) is 29.8 Å². The number of amides is 1. The lowest BCUT2D eigenvalue weighted by Crippen LogP contribution is -2.27. The molecule has 16 heavy (non-hydrogen) atoms. The van der Waals surface area contributed by atoms with Gasteiger partial charge in [0.05, 0.1) is 11.3 Å². The predicted molar refractivity (Wildman–Crippen MR) is 58.8 cm³/mol. The van der Waals surface area contributed by atoms with Crippen molar-refractivity contribution in [1.29, 1.82) is 5.26 Å². The minimum atomic E-state index is -0.369. The first kappa shape index (κ1) is 10.7. The summed E-state index contributed by atoms with van der Waals surface area (Å²) in [6.45, 7) is 0.637. The fourth-order valence-corrected chi connectivity index (χ4v) is 1.69. The average molecular weight is 216 g/mol. The first-order valence-electron chi connectivity index (χ1n) is 5.23. The van der Waals surface area contributed by atoms with Crippen molar-refractivity contribution < 1.29 is 9.53 Å². The summed E-state index contributed by atoms with van der Waals surface area (Å²) in [4.78, 5) is 11.7. The smallest absolute Gasteiger partial charge is 0.253 e. The van der Waals surface area contributed by atoms with Gasteiger partial charge in [-0.05, 0) is 25.0 Å². The molecule has 0 aliphatic carbocycles. The van der Waals surface area contributed by atoms with Gasteiger partial charge in [0.1, 0.15) is 12.2 Å². The van der Waals surface area contributed by atoms with Crippen LogP contribution in [0.1, 0.15) is 18.4 Å². The molecule has 1 fully saturated rings. The van der Waals surface area contributed by atoms with Crippen molar-refractivity contribution >= 4 is 11.6 Å². The van der Waals surface area contributed by atoms with Crippen LogP contribution >= 0.6 is 0 Å². The highest BCUT2D eigenvalue weighted by molar-refractivity contribution is 5.95. The lowest BCUT2D eigenvalue weighted by molar-refractivity contribution is -0.124. The summed E-state index contributed by atoms with van der Waals surface area (Å²) < 4.78 is 5.27. The second-order valence-electron chi connectivity index (χ2n) is 3.65. The van der Waals surface area contributed by atoms with Gasteiger partial charge in [-0.25, -0.2) is 0 Å². The third-order valence-corrected chi connectivity index (χ3v) is 2.53. The maximum absolute atomic E-state index is 11.7. The van der Waals surface area contributed by atoms with E-state index in [-0.39, 0.29) is 12.0 Å². The summed E-state index contributed by atoms with van der Waals surface area (Å²) >= 11 is 0. The summed E-state index contributed by atoms with van der Waals surface area (Å²) in [5, 5.41) is 11.6. The molecule has 0 bridgehead atoms. The van der Waals surface area contributed by atoms with E-state index in [0.717, 1.165) is 12.8 Å². The summed E-state index contributed by atoms with van der Waals surface area (Å²) in [5.74, 6) is -0.166. The molecule has 1 N–H and O–H groups in total. The Morgan fingerprint density at radius 1 is 1.50 bits per heavy atom. The molecule has 4 nitrogen and oxygen atoms in total. The van der Waals surface area contributed by atoms with E-state index in [4.69, 9.17) is 10.00 Å². The van der Waals surface area contributed by atoms with E-state index in [1.54, 1.807) is 24.3 Å². The molecule has 0 radical (unpaired) electrons. The van der Waals surface area contributed by atoms with Crippen LogP contribution in [0.15, 0.2) is 24.3 Å². The molecule has 1 atom stereocenters. The van der Waals surface area contributed by atoms with Gasteiger partial charge in [-0.1, -0.05) is 12.1 Å². The Balaban J connectivity index is 2.08. The number of nitriles is 1. The van der Waals surface area contributed by atoms with E-state index in [2.05, 4.69) is 5.32 Å². The molecule has 1 aliphatic heterocycles. The summed E-state index contributed by atoms with van der Waals surface area (Å²) in [6, 6.07) is 8.97. The van der Waals surface area contributed by atoms with E-state index in [1.807, 2.05) is 6.07 Å². The van der Waals surface area contributed by atoms with E-state index < -0.39 is 0 Å². The minimum absolute atomic E-state index is 0.166. The van der Waals surface area contributed by atoms with Crippen molar-refractivity contribution in [3.63, 3.8) is 0 Å². The summed E-state index contributed by atoms with van der Waals surface area (Å²) in [5.41, 5.74) is 1.01. The van der Waals surface area contributed by atoms with Gasteiger partial charge in [-0.3, -0.25) is 4.79 Å². The van der Waals surface area contributed by atoms with Gasteiger partial charge >= 0.3 is 0 Å². The Bertz CT molecular complexity index is 431. The zero-order chi connectivity index (χ0) is 11.4. The molecule has 82 valence electrons. The SMILES string of the molecule is N#Cc1ccccc1NC(=O)[C@@H]1CCCO1. The van der Waals surface area contributed by atoms with E-state index in [0.29, 0.717) is 17.9 Å². The van der Waals surface area contributed by atoms with E-state index in [1.165, 1.54) is 0 Å². The van der Waals surface area contributed by atoms with Crippen LogP contribution in [0.2, 0.25) is 0 Å². The van der Waals surface area contributed by atoms with Gasteiger partial charge in [0, 0.05) is 6.61 Å². The van der Waals surface area contributed by atoms with Crippen molar-refractivity contribution in [2.24, 2.45) is 0 Å². The first-order valence-corrected chi connectivity index (χ1v) is 5.23. The van der Waals surface area contributed by atoms with Crippen LogP contribution in [-0.4, -0.2) is 18.6 Å². The van der Waals surface area contributed by atoms with E-state index >= 15 is 0 Å². The highest BCUT2D eigenvalue weighted by Gasteiger charge is 2.23. The highest BCUT2D eigenvalue weighted by Crippen LogP contribution is 2.17. The minimum Gasteiger partial charge on any atom is -0.368 e. The Hall–Kier alpha value is -1.86. The fourth-order valence-electron chi connectivity index (χ4n) is 1.69. The van der Waals surface area contributed by atoms with Crippen molar-refractivity contribution in [1.82, 2.24) is 0 Å². The van der Waals surface area contributed by atoms with Gasteiger partial charge in [-0.15, -0.1) is 0 Å². The highest BCUT2D eigenvalue weighted by atomic mass is 16.5. The number of para-hydroxylation sites is 1. The Labute approximate surface area is 93.8 Å². The van der Waals surface area contributed by atoms with Crippen LogP contribution in [-0.2, 0) is 9.53 Å². The normalized spacial score (nSPS) is 19.1. The van der Waals surface area contributed by atoms with Crippen molar-refractivity contribution in [2.75, 3.05) is 11.9 Å². The first-order chi connectivity index (χ1) is 7.81. The second-order valence-corrected chi connectivity index (χ2v) is 3.65. The van der Waals surface area contributed by atoms with Crippen molar-refractivity contribution in [2.45, 2.75) is 18.9 Å². The molecular formula is C12H12N2O2. The molecule has 0 spiro atoms. The fraction of sp³-hybridized carbons (Fsp3) is 0.333. The molecule has 0 aromatic heterocycles. The Morgan fingerprint density at radius 3 is 3.00 bits per heavy atom. The standard InChI is InChI=1S/C12H12N2O2/c13-8-9-4-1-2-5-10(9)14-12(15)11-6-3-7-16-11/h1-2,4-5,11H,3,6-7H2,(H,14,15)/t11-/m0/s1. The van der Waals surface area contributed by atoms with Crippen LogP contribution < -0.4 is 5.32 Å². The third-order valence-electron chi connectivity index (χ3n) is 2.53. The molecule has 0 unspecified atom stereocenters. The second kappa shape index (κ2) is 4.77. The summed E-state index contributed by atoms with van der Waals surface area (Å²) in [7, 11) is 0. The Morgan fingerprint density at radius 2 is 2.31 bits per heavy atom. The number of rotatable bonds is 2. The number of carbonyl (C=O) groups excluding carboxylic acids is 1. The molecule has 2 rings (SSSR count). The average Bonchev–Trinajstić information content (AvgIpc) is 2.83. The number of nitrogens with zero attached hydrogens (tertiary/aromatic N) is 1. The molecule has 0 saturated carbocycles. The van der Waals surface area contributed by atoms with Crippen LogP contribution in [0.4, 0.5) is 5.69 Å². The molecule has 1 aromatic carbocycles. The lowest BCUT2D eigenvalue weighted by Gasteiger charge is -2.11. The van der Waals surface area contributed by atoms with Crippen molar-refractivity contribution in [3.8, 4) is 6.07 Å². The van der Waals surface area contributed by atoms with Gasteiger partial charge in [0.15, 0.2) is 0 Å². The van der Waals surface area contributed by atoms with Gasteiger partial charge in [0.2, 0.25) is 0 Å². The van der Waals surface area contributed by atoms with Gasteiger partial charge in [0.25, 0.3) is 5.91 Å². The Kier molecular flexibility index (Phi) is 3.18. The number of hydrogen-bond acceptors (Lipinski definition) is 3. The van der Waals surface area contributed by atoms with Crippen LogP contribution in [0.5, 0.6) is 0 Å². The number of benzene rings is 1. The van der Waals surface area contributed by atoms with Crippen LogP contribution in [0.25, 0.3) is 0 Å². The number of anilines is 1. The predicted octanol–water partition coefficient (Wildman–Crippen LogP) is 1.68. The molecule has 1 amide bonds. The zero-order valence-electron chi connectivity index (χ0n) is 8.77. The van der Waals surface area contributed by atoms with Gasteiger partial charge < -0.3 is 10.1 Å². The monoisotopic (exact) mass is 216 g/mol. The number of ether oxygens (including phenoxy) is 1. The topological polar surface area (TPSA) is 62.1 Å². The van der Waals surface area contributed by atoms with Crippen LogP contribution in [0.3, 0.4) is 0 Å². The number of carbonyl (C=O) groups is 1. The molecule has 1 heterocycles. The third kappa shape index (κ3) is 2.20. The maximum atomic E-state index is 11.7. The molecule has 1 saturated heterocycles. The van der Waals surface area contributed by atoms with Crippen LogP contribution in [0, 0.1) is 11.3 Å². The zero-order valence-corrected chi connectivity index (χ0v) is 8.77. The molecule has 1 aromatic rings. The quantitative estimate of drug-likeness (QED) is 0.818. The molecular weight excluding hydrogens is 204 g/mol. The lowest BCUT2D eigenvalue weighted by atomic mass is 10.1. The number of nitrogens with one attached hydrogen (secondary N) is 1. The van der Waals surface area contributed by atoms with E-state index in [9.17, 15) is 4.79 Å². The maximum Gasteiger partial charge on any atom is 0.253 e. The largest absolute Gasteiger partial charge is 0.368 e.